The fourth-order valence-electron chi connectivity index (χ4n) is 1.79. The highest BCUT2D eigenvalue weighted by molar-refractivity contribution is 5.85. The number of nitrogens with two attached hydrogens (primary N) is 1. The van der Waals surface area contributed by atoms with Gasteiger partial charge in [-0.25, -0.2) is 0 Å². The lowest BCUT2D eigenvalue weighted by Crippen LogP contribution is -2.23. The molecule has 2 N–H and O–H groups in total. The molecule has 0 spiro atoms. The van der Waals surface area contributed by atoms with Crippen LogP contribution in [0.2, 0.25) is 0 Å². The van der Waals surface area contributed by atoms with Gasteiger partial charge in [0, 0.05) is 0 Å². The molecule has 0 aliphatic carbocycles. The molecule has 1 aliphatic rings. The van der Waals surface area contributed by atoms with Gasteiger partial charge in [0.15, 0.2) is 11.5 Å². The van der Waals surface area contributed by atoms with E-state index in [2.05, 4.69) is 0 Å². The number of fused-ring (bicyclic) bond motifs is 1. The van der Waals surface area contributed by atoms with Crippen LogP contribution in [-0.2, 0) is 11.3 Å². The van der Waals surface area contributed by atoms with E-state index >= 15 is 0 Å². The van der Waals surface area contributed by atoms with Crippen LogP contribution in [0.1, 0.15) is 17.2 Å². The van der Waals surface area contributed by atoms with Crippen LogP contribution in [0.5, 0.6) is 11.5 Å². The normalized spacial score (nSPS) is 18.3. The Balaban J connectivity index is 0.00000128. The van der Waals surface area contributed by atoms with Gasteiger partial charge in [-0.3, -0.25) is 0 Å². The molecule has 2 rings (SSSR count). The molecule has 0 fully saturated rings. The number of methoxy groups -OCH3 is 2. The molecule has 0 aromatic heterocycles. The molecule has 1 heterocycles. The number of halogens is 1. The minimum absolute atomic E-state index is 0. The Hall–Kier alpha value is -0.970. The second-order valence-electron chi connectivity index (χ2n) is 3.53. The van der Waals surface area contributed by atoms with Crippen LogP contribution in [0.4, 0.5) is 0 Å². The summed E-state index contributed by atoms with van der Waals surface area (Å²) in [5.41, 5.74) is 8.10. The second kappa shape index (κ2) is 5.39. The van der Waals surface area contributed by atoms with E-state index in [0.717, 1.165) is 11.1 Å². The number of hydrogen-bond donors (Lipinski definition) is 1. The van der Waals surface area contributed by atoms with Crippen molar-refractivity contribution in [1.82, 2.24) is 0 Å². The van der Waals surface area contributed by atoms with Crippen molar-refractivity contribution in [2.45, 2.75) is 12.6 Å². The first-order valence-electron chi connectivity index (χ1n) is 4.84. The van der Waals surface area contributed by atoms with Crippen LogP contribution in [0, 0.1) is 0 Å². The van der Waals surface area contributed by atoms with E-state index in [1.165, 1.54) is 0 Å². The lowest BCUT2D eigenvalue weighted by Gasteiger charge is -2.24. The Morgan fingerprint density at radius 3 is 2.50 bits per heavy atom. The SMILES string of the molecule is COc1cc2c(cc1OC)[C@@H](N)COC2.Cl. The highest BCUT2D eigenvalue weighted by atomic mass is 35.5. The van der Waals surface area contributed by atoms with Crippen LogP contribution in [0.25, 0.3) is 0 Å². The van der Waals surface area contributed by atoms with E-state index in [4.69, 9.17) is 19.9 Å². The third kappa shape index (κ3) is 2.24. The van der Waals surface area contributed by atoms with Crippen molar-refractivity contribution in [3.8, 4) is 11.5 Å². The van der Waals surface area contributed by atoms with Crippen LogP contribution in [0.15, 0.2) is 12.1 Å². The average molecular weight is 246 g/mol. The second-order valence-corrected chi connectivity index (χ2v) is 3.53. The summed E-state index contributed by atoms with van der Waals surface area (Å²) >= 11 is 0. The first-order valence-corrected chi connectivity index (χ1v) is 4.84. The van der Waals surface area contributed by atoms with E-state index in [-0.39, 0.29) is 18.4 Å². The van der Waals surface area contributed by atoms with E-state index in [9.17, 15) is 0 Å². The molecule has 0 saturated carbocycles. The minimum Gasteiger partial charge on any atom is -0.493 e. The molecule has 0 bridgehead atoms. The molecule has 0 amide bonds. The van der Waals surface area contributed by atoms with Crippen LogP contribution >= 0.6 is 12.4 Å². The van der Waals surface area contributed by atoms with Gasteiger partial charge in [-0.1, -0.05) is 0 Å². The van der Waals surface area contributed by atoms with Gasteiger partial charge in [0.05, 0.1) is 33.5 Å². The predicted octanol–water partition coefficient (Wildman–Crippen LogP) is 1.66. The third-order valence-electron chi connectivity index (χ3n) is 2.60. The molecule has 0 radical (unpaired) electrons. The van der Waals surface area contributed by atoms with Gasteiger partial charge in [-0.2, -0.15) is 0 Å². The maximum absolute atomic E-state index is 5.94. The van der Waals surface area contributed by atoms with Gasteiger partial charge in [0.25, 0.3) is 0 Å². The van der Waals surface area contributed by atoms with E-state index < -0.39 is 0 Å². The number of hydrogen-bond acceptors (Lipinski definition) is 4. The largest absolute Gasteiger partial charge is 0.493 e. The Kier molecular flexibility index (Phi) is 4.41. The van der Waals surface area contributed by atoms with Crippen molar-refractivity contribution in [1.29, 1.82) is 0 Å². The highest BCUT2D eigenvalue weighted by Crippen LogP contribution is 2.34. The van der Waals surface area contributed by atoms with Crippen LogP contribution in [-0.4, -0.2) is 20.8 Å². The molecule has 0 saturated heterocycles. The fraction of sp³-hybridized carbons (Fsp3) is 0.455. The van der Waals surface area contributed by atoms with Crippen molar-refractivity contribution in [2.75, 3.05) is 20.8 Å². The van der Waals surface area contributed by atoms with Gasteiger partial charge in [0.1, 0.15) is 0 Å². The molecule has 1 aromatic rings. The Morgan fingerprint density at radius 1 is 1.25 bits per heavy atom. The summed E-state index contributed by atoms with van der Waals surface area (Å²) in [5.74, 6) is 1.43. The van der Waals surface area contributed by atoms with Gasteiger partial charge in [0.2, 0.25) is 0 Å². The van der Waals surface area contributed by atoms with Crippen molar-refractivity contribution >= 4 is 12.4 Å². The number of rotatable bonds is 2. The van der Waals surface area contributed by atoms with Crippen molar-refractivity contribution < 1.29 is 14.2 Å². The number of ether oxygens (including phenoxy) is 3. The Bertz CT molecular complexity index is 370. The standard InChI is InChI=1S/C11H15NO3.ClH/c1-13-10-3-7-5-15-6-9(12)8(7)4-11(10)14-2;/h3-4,9H,5-6,12H2,1-2H3;1H/t9-;/m0./s1. The molecule has 16 heavy (non-hydrogen) atoms. The molecule has 5 heteroatoms. The lowest BCUT2D eigenvalue weighted by molar-refractivity contribution is 0.0920. The lowest BCUT2D eigenvalue weighted by atomic mass is 9.99. The monoisotopic (exact) mass is 245 g/mol. The van der Waals surface area contributed by atoms with E-state index in [0.29, 0.717) is 24.7 Å². The molecule has 0 unspecified atom stereocenters. The molecular weight excluding hydrogens is 230 g/mol. The summed E-state index contributed by atoms with van der Waals surface area (Å²) in [7, 11) is 3.24. The molecule has 1 atom stereocenters. The Morgan fingerprint density at radius 2 is 1.88 bits per heavy atom. The van der Waals surface area contributed by atoms with Gasteiger partial charge in [-0.05, 0) is 23.3 Å². The zero-order valence-electron chi connectivity index (χ0n) is 9.36. The van der Waals surface area contributed by atoms with Crippen LogP contribution in [0.3, 0.4) is 0 Å². The highest BCUT2D eigenvalue weighted by Gasteiger charge is 2.20. The fourth-order valence-corrected chi connectivity index (χ4v) is 1.79. The summed E-state index contributed by atoms with van der Waals surface area (Å²) in [6.07, 6.45) is 0. The van der Waals surface area contributed by atoms with Crippen LogP contribution < -0.4 is 15.2 Å². The topological polar surface area (TPSA) is 53.7 Å². The first-order chi connectivity index (χ1) is 7.26. The zero-order chi connectivity index (χ0) is 10.8. The van der Waals surface area contributed by atoms with Crippen molar-refractivity contribution in [3.05, 3.63) is 23.3 Å². The molecule has 1 aliphatic heterocycles. The van der Waals surface area contributed by atoms with Crippen molar-refractivity contribution in [2.24, 2.45) is 5.73 Å². The quantitative estimate of drug-likeness (QED) is 0.861. The average Bonchev–Trinajstić information content (AvgIpc) is 2.28. The first kappa shape index (κ1) is 13.1. The van der Waals surface area contributed by atoms with Gasteiger partial charge < -0.3 is 19.9 Å². The van der Waals surface area contributed by atoms with E-state index in [1.807, 2.05) is 12.1 Å². The summed E-state index contributed by atoms with van der Waals surface area (Å²) in [6, 6.07) is 3.78. The number of benzene rings is 1. The molecule has 1 aromatic carbocycles. The van der Waals surface area contributed by atoms with Crippen molar-refractivity contribution in [3.63, 3.8) is 0 Å². The van der Waals surface area contributed by atoms with Gasteiger partial charge in [-0.15, -0.1) is 12.4 Å². The predicted molar refractivity (Wildman–Crippen MR) is 63.4 cm³/mol. The van der Waals surface area contributed by atoms with Gasteiger partial charge >= 0.3 is 0 Å². The Labute approximate surface area is 101 Å². The molecule has 4 nitrogen and oxygen atoms in total. The third-order valence-corrected chi connectivity index (χ3v) is 2.60. The minimum atomic E-state index is -0.0754. The summed E-state index contributed by atoms with van der Waals surface area (Å²) in [6.45, 7) is 1.14. The summed E-state index contributed by atoms with van der Waals surface area (Å²) in [4.78, 5) is 0. The zero-order valence-corrected chi connectivity index (χ0v) is 10.2. The maximum Gasteiger partial charge on any atom is 0.161 e. The molecule has 90 valence electrons. The smallest absolute Gasteiger partial charge is 0.161 e. The maximum atomic E-state index is 5.94. The molecular formula is C11H16ClNO3. The summed E-state index contributed by atoms with van der Waals surface area (Å²) in [5, 5.41) is 0. The summed E-state index contributed by atoms with van der Waals surface area (Å²) < 4.78 is 15.8. The van der Waals surface area contributed by atoms with E-state index in [1.54, 1.807) is 14.2 Å².